The van der Waals surface area contributed by atoms with Crippen LogP contribution in [0.1, 0.15) is 41.5 Å². The predicted molar refractivity (Wildman–Crippen MR) is 136 cm³/mol. The summed E-state index contributed by atoms with van der Waals surface area (Å²) in [6.07, 6.45) is 0.0000377. The number of hydrogen-bond donors (Lipinski definition) is 1. The van der Waals surface area contributed by atoms with E-state index in [-0.39, 0.29) is 12.3 Å². The molecule has 0 aliphatic rings. The van der Waals surface area contributed by atoms with E-state index >= 15 is 0 Å². The van der Waals surface area contributed by atoms with Crippen molar-refractivity contribution in [1.29, 1.82) is 0 Å². The van der Waals surface area contributed by atoms with E-state index in [2.05, 4.69) is 61.4 Å². The Morgan fingerprint density at radius 1 is 1.06 bits per heavy atom. The lowest BCUT2D eigenvalue weighted by Crippen LogP contribution is -2.05. The van der Waals surface area contributed by atoms with Gasteiger partial charge in [-0.2, -0.15) is 0 Å². The van der Waals surface area contributed by atoms with Gasteiger partial charge in [0.15, 0.2) is 0 Å². The van der Waals surface area contributed by atoms with Crippen molar-refractivity contribution in [1.82, 2.24) is 0 Å². The molecule has 0 aliphatic carbocycles. The van der Waals surface area contributed by atoms with Gasteiger partial charge in [0.2, 0.25) is 0 Å². The molecule has 4 heteroatoms. The van der Waals surface area contributed by atoms with Crippen molar-refractivity contribution < 1.29 is 14.6 Å². The van der Waals surface area contributed by atoms with Crippen LogP contribution in [0.4, 0.5) is 0 Å². The number of carbonyl (C=O) groups is 1. The number of carboxylic acids is 1. The highest BCUT2D eigenvalue weighted by Gasteiger charge is 2.14. The van der Waals surface area contributed by atoms with Gasteiger partial charge in [0, 0.05) is 15.6 Å². The first kappa shape index (κ1) is 22.6. The molecule has 1 N–H and O–H groups in total. The minimum absolute atomic E-state index is 0.0000377. The number of thiophene rings is 1. The fourth-order valence-electron chi connectivity index (χ4n) is 4.14. The van der Waals surface area contributed by atoms with E-state index in [1.165, 1.54) is 32.3 Å². The first-order valence-electron chi connectivity index (χ1n) is 10.9. The quantitative estimate of drug-likeness (QED) is 0.297. The van der Waals surface area contributed by atoms with Crippen LogP contribution in [0.3, 0.4) is 0 Å². The maximum Gasteiger partial charge on any atom is 0.304 e. The van der Waals surface area contributed by atoms with Crippen molar-refractivity contribution in [2.24, 2.45) is 0 Å². The van der Waals surface area contributed by atoms with Crippen molar-refractivity contribution >= 4 is 27.4 Å². The highest BCUT2D eigenvalue weighted by molar-refractivity contribution is 7.17. The second-order valence-electron chi connectivity index (χ2n) is 8.15. The van der Waals surface area contributed by atoms with Crippen LogP contribution in [0.25, 0.3) is 21.2 Å². The van der Waals surface area contributed by atoms with Gasteiger partial charge in [-0.25, -0.2) is 0 Å². The molecule has 1 heterocycles. The maximum atomic E-state index is 11.1. The van der Waals surface area contributed by atoms with Crippen LogP contribution in [0.2, 0.25) is 0 Å². The largest absolute Gasteiger partial charge is 0.489 e. The van der Waals surface area contributed by atoms with Crippen molar-refractivity contribution in [3.05, 3.63) is 88.3 Å². The summed E-state index contributed by atoms with van der Waals surface area (Å²) in [5.41, 5.74) is 7.03. The topological polar surface area (TPSA) is 46.5 Å². The molecule has 166 valence electrons. The van der Waals surface area contributed by atoms with Crippen LogP contribution >= 0.6 is 11.3 Å². The molecule has 0 spiro atoms. The molecule has 0 unspecified atom stereocenters. The summed E-state index contributed by atoms with van der Waals surface area (Å²) in [4.78, 5) is 11.1. The van der Waals surface area contributed by atoms with Crippen molar-refractivity contribution in [3.63, 3.8) is 0 Å². The van der Waals surface area contributed by atoms with Crippen LogP contribution in [0.5, 0.6) is 5.75 Å². The molecule has 0 radical (unpaired) electrons. The molecule has 0 saturated carbocycles. The third kappa shape index (κ3) is 5.10. The standard InChI is InChI=1S/C29H26O3S/c1-4-6-23(15-28(30)31)22-11-9-21(10-12-22)17-32-24-13-14-27-25(16-24)26(18-33-27)29-19(2)7-5-8-20(29)3/h5,7-14,16,18,23H,15,17H2,1-3H3,(H,30,31)/t23-/m0/s1. The minimum atomic E-state index is -0.848. The van der Waals surface area contributed by atoms with Gasteiger partial charge >= 0.3 is 5.97 Å². The smallest absolute Gasteiger partial charge is 0.304 e. The van der Waals surface area contributed by atoms with Crippen LogP contribution in [0, 0.1) is 25.7 Å². The monoisotopic (exact) mass is 454 g/mol. The first-order chi connectivity index (χ1) is 16.0. The molecule has 33 heavy (non-hydrogen) atoms. The average Bonchev–Trinajstić information content (AvgIpc) is 3.20. The van der Waals surface area contributed by atoms with Gasteiger partial charge in [-0.15, -0.1) is 17.3 Å². The van der Waals surface area contributed by atoms with E-state index in [0.717, 1.165) is 16.9 Å². The number of aryl methyl sites for hydroxylation is 2. The SMILES string of the molecule is CC#C[C@@H](CC(=O)O)c1ccc(COc2ccc3scc(-c4c(C)cccc4C)c3c2)cc1. The Bertz CT molecular complexity index is 1330. The lowest BCUT2D eigenvalue weighted by Gasteiger charge is -2.12. The Balaban J connectivity index is 1.53. The van der Waals surface area contributed by atoms with Gasteiger partial charge in [0.05, 0.1) is 12.3 Å². The molecule has 3 nitrogen and oxygen atoms in total. The van der Waals surface area contributed by atoms with E-state index in [1.807, 2.05) is 30.3 Å². The van der Waals surface area contributed by atoms with Gasteiger partial charge in [-0.3, -0.25) is 4.79 Å². The molecular formula is C29H26O3S. The summed E-state index contributed by atoms with van der Waals surface area (Å²) in [6, 6.07) is 20.5. The predicted octanol–water partition coefficient (Wildman–Crippen LogP) is 7.35. The van der Waals surface area contributed by atoms with E-state index in [4.69, 9.17) is 9.84 Å². The summed E-state index contributed by atoms with van der Waals surface area (Å²) in [5.74, 6) is 5.50. The van der Waals surface area contributed by atoms with Crippen LogP contribution < -0.4 is 4.74 Å². The molecule has 0 fully saturated rings. The zero-order chi connectivity index (χ0) is 23.4. The van der Waals surface area contributed by atoms with Crippen LogP contribution in [0.15, 0.2) is 66.0 Å². The number of carboxylic acid groups (broad SMARTS) is 1. The van der Waals surface area contributed by atoms with Crippen molar-refractivity contribution in [2.45, 2.75) is 39.7 Å². The number of fused-ring (bicyclic) bond motifs is 1. The first-order valence-corrected chi connectivity index (χ1v) is 11.8. The normalized spacial score (nSPS) is 11.6. The number of ether oxygens (including phenoxy) is 1. The Kier molecular flexibility index (Phi) is 6.82. The van der Waals surface area contributed by atoms with Crippen molar-refractivity contribution in [2.75, 3.05) is 0 Å². The molecule has 4 rings (SSSR count). The summed E-state index contributed by atoms with van der Waals surface area (Å²) in [5, 5.41) is 12.6. The fraction of sp³-hybridized carbons (Fsp3) is 0.207. The van der Waals surface area contributed by atoms with Crippen LogP contribution in [-0.4, -0.2) is 11.1 Å². The molecule has 1 aromatic heterocycles. The summed E-state index contributed by atoms with van der Waals surface area (Å²) >= 11 is 1.75. The second-order valence-corrected chi connectivity index (χ2v) is 9.06. The third-order valence-electron chi connectivity index (χ3n) is 5.78. The zero-order valence-corrected chi connectivity index (χ0v) is 19.8. The molecule has 0 amide bonds. The maximum absolute atomic E-state index is 11.1. The lowest BCUT2D eigenvalue weighted by atomic mass is 9.95. The summed E-state index contributed by atoms with van der Waals surface area (Å²) in [6.45, 7) is 6.48. The highest BCUT2D eigenvalue weighted by Crippen LogP contribution is 2.39. The molecule has 0 bridgehead atoms. The lowest BCUT2D eigenvalue weighted by molar-refractivity contribution is -0.137. The van der Waals surface area contributed by atoms with Gasteiger partial charge in [-0.1, -0.05) is 48.4 Å². The van der Waals surface area contributed by atoms with Crippen molar-refractivity contribution in [3.8, 4) is 28.7 Å². The van der Waals surface area contributed by atoms with Gasteiger partial charge in [0.25, 0.3) is 0 Å². The minimum Gasteiger partial charge on any atom is -0.489 e. The van der Waals surface area contributed by atoms with E-state index in [0.29, 0.717) is 6.61 Å². The van der Waals surface area contributed by atoms with Crippen LogP contribution in [-0.2, 0) is 11.4 Å². The fourth-order valence-corrected chi connectivity index (χ4v) is 5.08. The van der Waals surface area contributed by atoms with E-state index in [1.54, 1.807) is 18.3 Å². The summed E-state index contributed by atoms with van der Waals surface area (Å²) in [7, 11) is 0. The number of benzene rings is 3. The Hall–Kier alpha value is -3.55. The zero-order valence-electron chi connectivity index (χ0n) is 19.0. The Morgan fingerprint density at radius 2 is 1.79 bits per heavy atom. The summed E-state index contributed by atoms with van der Waals surface area (Å²) < 4.78 is 7.36. The Labute approximate surface area is 198 Å². The number of hydrogen-bond acceptors (Lipinski definition) is 3. The average molecular weight is 455 g/mol. The third-order valence-corrected chi connectivity index (χ3v) is 6.74. The molecule has 1 atom stereocenters. The second kappa shape index (κ2) is 9.94. The van der Waals surface area contributed by atoms with E-state index < -0.39 is 5.97 Å². The molecule has 0 saturated heterocycles. The van der Waals surface area contributed by atoms with Gasteiger partial charge in [0.1, 0.15) is 12.4 Å². The molecular weight excluding hydrogens is 428 g/mol. The number of aliphatic carboxylic acids is 1. The molecule has 4 aromatic rings. The van der Waals surface area contributed by atoms with E-state index in [9.17, 15) is 4.79 Å². The van der Waals surface area contributed by atoms with Gasteiger partial charge in [-0.05, 0) is 72.2 Å². The van der Waals surface area contributed by atoms with Gasteiger partial charge < -0.3 is 9.84 Å². The molecule has 3 aromatic carbocycles. The highest BCUT2D eigenvalue weighted by atomic mass is 32.1. The Morgan fingerprint density at radius 3 is 2.45 bits per heavy atom. The number of rotatable bonds is 7. The molecule has 0 aliphatic heterocycles.